The van der Waals surface area contributed by atoms with E-state index in [0.29, 0.717) is 37.5 Å². The molecular weight excluding hydrogens is 533 g/mol. The molecule has 1 saturated carbocycles. The first kappa shape index (κ1) is 28.2. The molecule has 15 heteroatoms. The third-order valence-electron chi connectivity index (χ3n) is 8.96. The van der Waals surface area contributed by atoms with Gasteiger partial charge in [0.1, 0.15) is 30.3 Å². The number of ether oxygens (including phenoxy) is 2. The van der Waals surface area contributed by atoms with Crippen molar-refractivity contribution in [1.29, 1.82) is 0 Å². The molecule has 40 heavy (non-hydrogen) atoms. The van der Waals surface area contributed by atoms with Crippen molar-refractivity contribution in [1.82, 2.24) is 25.8 Å². The summed E-state index contributed by atoms with van der Waals surface area (Å²) in [5.74, 6) is 0.300. The topological polar surface area (TPSA) is 152 Å². The van der Waals surface area contributed by atoms with Crippen LogP contribution >= 0.6 is 0 Å². The molecule has 1 aromatic rings. The Hall–Kier alpha value is -1.95. The number of aliphatic hydroxyl groups is 2. The highest BCUT2D eigenvalue weighted by Gasteiger charge is 2.52. The summed E-state index contributed by atoms with van der Waals surface area (Å²) < 4.78 is 47.7. The Morgan fingerprint density at radius 3 is 2.65 bits per heavy atom. The number of likely N-dealkylation sites (N-methyl/N-ethyl adjacent to an activating group) is 1. The molecule has 0 bridgehead atoms. The van der Waals surface area contributed by atoms with Gasteiger partial charge in [-0.1, -0.05) is 0 Å². The Bertz CT molecular complexity index is 1050. The summed E-state index contributed by atoms with van der Waals surface area (Å²) in [4.78, 5) is 4.19. The number of fused-ring (bicyclic) bond motifs is 2. The molecule has 0 aromatic heterocycles. The number of anilines is 2. The number of nitrogens with zero attached hydrogens (tertiary/aromatic N) is 2. The first-order valence-corrected chi connectivity index (χ1v) is 13.9. The van der Waals surface area contributed by atoms with Crippen molar-refractivity contribution in [3.8, 4) is 5.75 Å². The maximum Gasteiger partial charge on any atom is 0.573 e. The van der Waals surface area contributed by atoms with Crippen LogP contribution in [-0.2, 0) is 4.74 Å². The zero-order chi connectivity index (χ0) is 28.2. The van der Waals surface area contributed by atoms with E-state index in [9.17, 15) is 23.4 Å². The Morgan fingerprint density at radius 1 is 1.10 bits per heavy atom. The molecule has 224 valence electrons. The lowest BCUT2D eigenvalue weighted by molar-refractivity contribution is -0.274. The minimum atomic E-state index is -4.72. The van der Waals surface area contributed by atoms with Crippen molar-refractivity contribution in [3.05, 3.63) is 18.2 Å². The molecule has 4 aliphatic heterocycles. The first-order chi connectivity index (χ1) is 19.1. The lowest BCUT2D eigenvalue weighted by atomic mass is 9.76. The zero-order valence-corrected chi connectivity index (χ0v) is 22.3. The second-order valence-corrected chi connectivity index (χ2v) is 11.6. The Morgan fingerprint density at radius 2 is 1.88 bits per heavy atom. The lowest BCUT2D eigenvalue weighted by Crippen LogP contribution is -2.68. The third-order valence-corrected chi connectivity index (χ3v) is 8.96. The molecule has 4 heterocycles. The number of nitrogens with one attached hydrogen (secondary N) is 5. The molecule has 8 atom stereocenters. The third kappa shape index (κ3) is 5.71. The molecule has 0 radical (unpaired) electrons. The molecule has 1 aromatic carbocycles. The number of halogens is 3. The van der Waals surface area contributed by atoms with Gasteiger partial charge in [0.2, 0.25) is 0 Å². The van der Waals surface area contributed by atoms with Crippen molar-refractivity contribution in [3.63, 3.8) is 0 Å². The average Bonchev–Trinajstić information content (AvgIpc) is 3.54. The largest absolute Gasteiger partial charge is 0.573 e. The number of benzene rings is 1. The molecule has 12 nitrogen and oxygen atoms in total. The van der Waals surface area contributed by atoms with Gasteiger partial charge in [-0.05, 0) is 50.8 Å². The number of rotatable bonds is 8. The van der Waals surface area contributed by atoms with Gasteiger partial charge in [-0.3, -0.25) is 16.0 Å². The van der Waals surface area contributed by atoms with E-state index in [4.69, 9.17) is 10.5 Å². The SMILES string of the molecule is CN(C[C@H]1O[C@@H](N2CNC3C(N)NCNC32)[C@H](O)[C@@H]1O)[C@H]1C[C@@H](CCC2Nc3ccc(OC(F)(F)F)cc3N2)C1. The van der Waals surface area contributed by atoms with E-state index in [1.165, 1.54) is 12.1 Å². The lowest BCUT2D eigenvalue weighted by Gasteiger charge is -2.42. The fraction of sp³-hybridized carbons (Fsp3) is 0.760. The number of alkyl halides is 3. The van der Waals surface area contributed by atoms with Crippen LogP contribution < -0.4 is 37.1 Å². The molecule has 3 saturated heterocycles. The summed E-state index contributed by atoms with van der Waals surface area (Å²) >= 11 is 0. The van der Waals surface area contributed by atoms with Gasteiger partial charge in [-0.25, -0.2) is 4.90 Å². The van der Waals surface area contributed by atoms with E-state index in [1.54, 1.807) is 6.07 Å². The summed E-state index contributed by atoms with van der Waals surface area (Å²) in [5.41, 5.74) is 7.53. The molecular formula is C25H39F3N8O4. The van der Waals surface area contributed by atoms with Crippen LogP contribution in [0, 0.1) is 5.92 Å². The second kappa shape index (κ2) is 11.0. The van der Waals surface area contributed by atoms with E-state index < -0.39 is 30.9 Å². The fourth-order valence-electron chi connectivity index (χ4n) is 6.66. The highest BCUT2D eigenvalue weighted by Crippen LogP contribution is 2.39. The van der Waals surface area contributed by atoms with E-state index in [0.717, 1.165) is 31.4 Å². The summed E-state index contributed by atoms with van der Waals surface area (Å²) in [6.45, 7) is 1.56. The molecule has 0 amide bonds. The second-order valence-electron chi connectivity index (χ2n) is 11.6. The first-order valence-electron chi connectivity index (χ1n) is 13.9. The monoisotopic (exact) mass is 572 g/mol. The number of nitrogens with two attached hydrogens (primary N) is 1. The summed E-state index contributed by atoms with van der Waals surface area (Å²) in [5, 5.41) is 38.0. The normalized spacial score (nSPS) is 39.4. The van der Waals surface area contributed by atoms with Crippen molar-refractivity contribution < 1.29 is 32.9 Å². The molecule has 4 fully saturated rings. The molecule has 5 aliphatic rings. The van der Waals surface area contributed by atoms with Gasteiger partial charge in [-0.2, -0.15) is 0 Å². The molecule has 1 aliphatic carbocycles. The highest BCUT2D eigenvalue weighted by atomic mass is 19.4. The summed E-state index contributed by atoms with van der Waals surface area (Å²) in [6, 6.07) is 4.60. The Labute approximate surface area is 230 Å². The van der Waals surface area contributed by atoms with Crippen LogP contribution in [0.1, 0.15) is 25.7 Å². The molecule has 4 unspecified atom stereocenters. The minimum absolute atomic E-state index is 0.0278. The number of hydrogen-bond donors (Lipinski definition) is 8. The predicted octanol–water partition coefficient (Wildman–Crippen LogP) is -0.321. The van der Waals surface area contributed by atoms with Gasteiger partial charge >= 0.3 is 6.36 Å². The van der Waals surface area contributed by atoms with E-state index in [-0.39, 0.29) is 30.3 Å². The summed E-state index contributed by atoms with van der Waals surface area (Å²) in [6.07, 6.45) is -4.36. The van der Waals surface area contributed by atoms with Crippen LogP contribution in [0.15, 0.2) is 18.2 Å². The van der Waals surface area contributed by atoms with Crippen LogP contribution in [0.3, 0.4) is 0 Å². The van der Waals surface area contributed by atoms with Crippen LogP contribution in [0.2, 0.25) is 0 Å². The highest BCUT2D eigenvalue weighted by molar-refractivity contribution is 5.75. The average molecular weight is 573 g/mol. The van der Waals surface area contributed by atoms with E-state index in [2.05, 4.69) is 36.2 Å². The number of aliphatic hydroxyl groups excluding tert-OH is 2. The number of hydrogen-bond acceptors (Lipinski definition) is 12. The van der Waals surface area contributed by atoms with Crippen molar-refractivity contribution in [2.45, 2.75) is 87.2 Å². The molecule has 9 N–H and O–H groups in total. The van der Waals surface area contributed by atoms with Gasteiger partial charge in [0, 0.05) is 25.3 Å². The fourth-order valence-corrected chi connectivity index (χ4v) is 6.66. The quantitative estimate of drug-likeness (QED) is 0.206. The van der Waals surface area contributed by atoms with Crippen LogP contribution in [0.25, 0.3) is 0 Å². The standard InChI is InChI=1S/C25H39F3N8O4/c1-35(9-17-20(37)21(38)24(39-17)36-11-32-19-22(29)30-10-31-23(19)36)13-6-12(7-13)2-5-18-33-15-4-3-14(8-16(15)34-18)40-25(26,27)28/h3-4,8,12-13,17-24,30-34,37-38H,2,5-7,9-11,29H2,1H3/t12-,13+,17-,18?,19?,20-,21-,22?,23?,24-/m1/s1. The van der Waals surface area contributed by atoms with Crippen LogP contribution in [0.4, 0.5) is 24.5 Å². The molecule has 6 rings (SSSR count). The van der Waals surface area contributed by atoms with Gasteiger partial charge in [0.05, 0.1) is 42.6 Å². The maximum absolute atomic E-state index is 12.5. The van der Waals surface area contributed by atoms with Crippen LogP contribution in [0.5, 0.6) is 5.75 Å². The van der Waals surface area contributed by atoms with Gasteiger partial charge in [0.25, 0.3) is 0 Å². The van der Waals surface area contributed by atoms with Crippen LogP contribution in [-0.4, -0.2) is 108 Å². The Kier molecular flexibility index (Phi) is 7.78. The zero-order valence-electron chi connectivity index (χ0n) is 22.3. The molecule has 0 spiro atoms. The van der Waals surface area contributed by atoms with Gasteiger partial charge in [-0.15, -0.1) is 13.2 Å². The van der Waals surface area contributed by atoms with E-state index in [1.807, 2.05) is 11.9 Å². The smallest absolute Gasteiger partial charge is 0.406 e. The van der Waals surface area contributed by atoms with Crippen molar-refractivity contribution >= 4 is 11.4 Å². The Balaban J connectivity index is 0.931. The summed E-state index contributed by atoms with van der Waals surface area (Å²) in [7, 11) is 2.02. The van der Waals surface area contributed by atoms with Crippen molar-refractivity contribution in [2.75, 3.05) is 37.6 Å². The van der Waals surface area contributed by atoms with Gasteiger partial charge in [0.15, 0.2) is 0 Å². The predicted molar refractivity (Wildman–Crippen MR) is 140 cm³/mol. The maximum atomic E-state index is 12.5. The minimum Gasteiger partial charge on any atom is -0.406 e. The van der Waals surface area contributed by atoms with E-state index >= 15 is 0 Å². The van der Waals surface area contributed by atoms with Gasteiger partial charge < -0.3 is 41.0 Å². The van der Waals surface area contributed by atoms with Crippen molar-refractivity contribution in [2.24, 2.45) is 11.7 Å².